The second-order valence-corrected chi connectivity index (χ2v) is 22.9. The molecule has 0 aliphatic carbocycles. The molecule has 0 unspecified atom stereocenters. The van der Waals surface area contributed by atoms with Gasteiger partial charge in [-0.3, -0.25) is 69.8 Å². The number of aromatic nitrogens is 12. The third-order valence-corrected chi connectivity index (χ3v) is 17.5. The minimum atomic E-state index is 0. The Bertz CT molecular complexity index is 4590. The Kier molecular flexibility index (Phi) is 20.6. The maximum atomic E-state index is 5.18. The van der Waals surface area contributed by atoms with Crippen molar-refractivity contribution < 1.29 is 39.0 Å². The molecule has 0 atom stereocenters. The number of benzene rings is 2. The number of pyridine rings is 12. The second-order valence-electron chi connectivity index (χ2n) is 20.8. The first-order valence-corrected chi connectivity index (χ1v) is 31.2. The number of nitrogens with zero attached hydrogens (tertiary/aromatic N) is 14. The minimum absolute atomic E-state index is 0. The zero-order valence-electron chi connectivity index (χ0n) is 49.9. The Labute approximate surface area is 575 Å². The van der Waals surface area contributed by atoms with E-state index in [0.717, 1.165) is 125 Å². The molecule has 18 rings (SSSR count). The molecule has 94 heavy (non-hydrogen) atoms. The minimum Gasteiger partial charge on any atom is -0.255 e. The summed E-state index contributed by atoms with van der Waals surface area (Å²) < 4.78 is 0. The van der Waals surface area contributed by atoms with E-state index in [9.17, 15) is 0 Å². The van der Waals surface area contributed by atoms with Crippen molar-refractivity contribution in [3.8, 4) is 55.3 Å². The monoisotopic (exact) mass is 1430 g/mol. The number of aliphatic imine (C=N–C) groups is 2. The van der Waals surface area contributed by atoms with Crippen molar-refractivity contribution in [1.82, 2.24) is 59.8 Å². The molecule has 0 amide bonds. The van der Waals surface area contributed by atoms with E-state index in [1.165, 1.54) is 30.6 Å². The molecule has 2 aromatic carbocycles. The van der Waals surface area contributed by atoms with E-state index in [-0.39, 0.29) is 39.0 Å². The van der Waals surface area contributed by atoms with Gasteiger partial charge in [0.25, 0.3) is 0 Å². The molecule has 2 aliphatic heterocycles. The molecule has 16 heterocycles. The fourth-order valence-corrected chi connectivity index (χ4v) is 12.8. The van der Waals surface area contributed by atoms with Crippen molar-refractivity contribution in [2.45, 2.75) is 12.8 Å². The van der Waals surface area contributed by atoms with E-state index in [1.807, 2.05) is 195 Å². The van der Waals surface area contributed by atoms with Crippen molar-refractivity contribution in [3.63, 3.8) is 0 Å². The molecule has 0 radical (unpaired) electrons. The van der Waals surface area contributed by atoms with Crippen LogP contribution in [0.1, 0.15) is 20.9 Å². The summed E-state index contributed by atoms with van der Waals surface area (Å²) in [7, 11) is 0. The van der Waals surface area contributed by atoms with E-state index >= 15 is 0 Å². The van der Waals surface area contributed by atoms with Gasteiger partial charge in [-0.1, -0.05) is 60.7 Å². The first-order valence-electron chi connectivity index (χ1n) is 29.6. The number of thiophene rings is 2. The van der Waals surface area contributed by atoms with Crippen LogP contribution in [-0.4, -0.2) is 71.2 Å². The summed E-state index contributed by atoms with van der Waals surface area (Å²) in [6.07, 6.45) is 23.1. The average Bonchev–Trinajstić information content (AvgIpc) is 1.58. The molecule has 18 heteroatoms. The SMILES string of the molecule is [Ru].[Ru].c1ccc(-c2ccccn2)nc1.c1ccc(-c2ccccn2)nc1.c1ccc(-c2ccccn2)nc1.c1ccc(-c2ccccn2)nc1.c1cnc2c(c1)c1c(c3cccnc32)N=C(c2ccc(-c3ccc(C4=Nc5c(c6cccnc6c6ncccc56)C4)s3)s2)C1. The van der Waals surface area contributed by atoms with Gasteiger partial charge < -0.3 is 0 Å². The maximum Gasteiger partial charge on any atom is 0.0986 e. The molecule has 0 bridgehead atoms. The van der Waals surface area contributed by atoms with Crippen LogP contribution in [0.4, 0.5) is 11.4 Å². The number of hydrogen-bond acceptors (Lipinski definition) is 16. The van der Waals surface area contributed by atoms with Crippen molar-refractivity contribution in [1.29, 1.82) is 0 Å². The molecule has 0 N–H and O–H groups in total. The van der Waals surface area contributed by atoms with Gasteiger partial charge in [0, 0.05) is 167 Å². The quantitative estimate of drug-likeness (QED) is 0.109. The standard InChI is InChI=1S/C36H20N6S2.4C10H8N2.2Ru/c1-5-19-23-17-25(41-31(23)21-7-3-15-39-35(21)33(19)37-13-1)27-9-11-29(43-27)30-12-10-28(44-30)26-18-24-20-6-2-14-38-34(20)36-22(32(24)42-26)8-4-16-40-36;4*1-3-7-11-9(5-1)10-6-2-4-8-12-10;;/h1-16H,17-18H2;4*1-8H;;. The molecule has 16 aromatic rings. The summed E-state index contributed by atoms with van der Waals surface area (Å²) in [5, 5.41) is 4.40. The molecule has 0 fully saturated rings. The predicted octanol–water partition coefficient (Wildman–Crippen LogP) is 17.6. The first-order chi connectivity index (χ1) is 45.7. The van der Waals surface area contributed by atoms with Gasteiger partial charge in [-0.25, -0.2) is 0 Å². The van der Waals surface area contributed by atoms with Gasteiger partial charge in [0.15, 0.2) is 0 Å². The molecule has 14 aromatic heterocycles. The van der Waals surface area contributed by atoms with Crippen LogP contribution in [0.25, 0.3) is 98.9 Å². The summed E-state index contributed by atoms with van der Waals surface area (Å²) in [6, 6.07) is 71.7. The Morgan fingerprint density at radius 2 is 0.436 bits per heavy atom. The molecule has 0 saturated carbocycles. The van der Waals surface area contributed by atoms with Crippen molar-refractivity contribution in [2.75, 3.05) is 0 Å². The summed E-state index contributed by atoms with van der Waals surface area (Å²) >= 11 is 3.61. The molecule has 0 spiro atoms. The largest absolute Gasteiger partial charge is 0.255 e. The number of fused-ring (bicyclic) bond motifs is 12. The van der Waals surface area contributed by atoms with Crippen molar-refractivity contribution in [2.24, 2.45) is 9.98 Å². The smallest absolute Gasteiger partial charge is 0.0986 e. The summed E-state index contributed by atoms with van der Waals surface area (Å²) in [6.45, 7) is 0. The van der Waals surface area contributed by atoms with Gasteiger partial charge in [-0.15, -0.1) is 22.7 Å². The van der Waals surface area contributed by atoms with E-state index in [4.69, 9.17) is 9.98 Å². The third kappa shape index (κ3) is 14.3. The summed E-state index contributed by atoms with van der Waals surface area (Å²) in [4.78, 5) is 67.4. The maximum absolute atomic E-state index is 5.18. The van der Waals surface area contributed by atoms with Crippen molar-refractivity contribution >= 4 is 89.1 Å². The van der Waals surface area contributed by atoms with Crippen LogP contribution in [0.3, 0.4) is 0 Å². The zero-order chi connectivity index (χ0) is 61.7. The normalized spacial score (nSPS) is 11.5. The van der Waals surface area contributed by atoms with E-state index in [1.54, 1.807) is 72.2 Å². The predicted molar refractivity (Wildman–Crippen MR) is 371 cm³/mol. The Balaban J connectivity index is 0.000000137. The zero-order valence-corrected chi connectivity index (χ0v) is 55.0. The number of hydrogen-bond donors (Lipinski definition) is 0. The fourth-order valence-electron chi connectivity index (χ4n) is 10.8. The molecular weight excluding hydrogens is 1380 g/mol. The Morgan fingerprint density at radius 3 is 0.681 bits per heavy atom. The van der Waals surface area contributed by atoms with Crippen LogP contribution < -0.4 is 0 Å². The van der Waals surface area contributed by atoms with Crippen LogP contribution in [0.5, 0.6) is 0 Å². The second kappa shape index (κ2) is 30.6. The Hall–Kier alpha value is -10.7. The van der Waals surface area contributed by atoms with Gasteiger partial charge in [0.2, 0.25) is 0 Å². The van der Waals surface area contributed by atoms with Crippen LogP contribution in [-0.2, 0) is 51.8 Å². The van der Waals surface area contributed by atoms with Crippen molar-refractivity contribution in [3.05, 3.63) is 314 Å². The van der Waals surface area contributed by atoms with Crippen LogP contribution in [0, 0.1) is 0 Å². The molecule has 454 valence electrons. The van der Waals surface area contributed by atoms with Crippen LogP contribution >= 0.6 is 22.7 Å². The first kappa shape index (κ1) is 63.4. The average molecular weight is 1430 g/mol. The van der Waals surface area contributed by atoms with Gasteiger partial charge in [-0.05, 0) is 169 Å². The van der Waals surface area contributed by atoms with Crippen LogP contribution in [0.2, 0.25) is 0 Å². The van der Waals surface area contributed by atoms with E-state index in [0.29, 0.717) is 0 Å². The molecule has 14 nitrogen and oxygen atoms in total. The molecule has 0 saturated heterocycles. The third-order valence-electron chi connectivity index (χ3n) is 15.0. The van der Waals surface area contributed by atoms with Gasteiger partial charge in [0.05, 0.1) is 90.4 Å². The molecular formula is C76H52N14Ru2S2. The summed E-state index contributed by atoms with van der Waals surface area (Å²) in [5.41, 5.74) is 17.8. The van der Waals surface area contributed by atoms with Crippen LogP contribution in [0.15, 0.2) is 303 Å². The van der Waals surface area contributed by atoms with E-state index < -0.39 is 0 Å². The topological polar surface area (TPSA) is 179 Å². The van der Waals surface area contributed by atoms with Gasteiger partial charge in [0.1, 0.15) is 0 Å². The van der Waals surface area contributed by atoms with Gasteiger partial charge in [-0.2, -0.15) is 0 Å². The summed E-state index contributed by atoms with van der Waals surface area (Å²) in [5.74, 6) is 0. The number of rotatable bonds is 7. The van der Waals surface area contributed by atoms with E-state index in [2.05, 4.69) is 108 Å². The van der Waals surface area contributed by atoms with Gasteiger partial charge >= 0.3 is 0 Å². The fraction of sp³-hybridized carbons (Fsp3) is 0.0263. The Morgan fingerprint density at radius 1 is 0.213 bits per heavy atom. The molecule has 2 aliphatic rings.